The Morgan fingerprint density at radius 1 is 1.44 bits per heavy atom. The molecule has 2 rings (SSSR count). The predicted molar refractivity (Wildman–Crippen MR) is 68.6 cm³/mol. The van der Waals surface area contributed by atoms with Gasteiger partial charge in [-0.25, -0.2) is 0 Å². The summed E-state index contributed by atoms with van der Waals surface area (Å²) in [7, 11) is 1.59. The molecule has 1 aromatic heterocycles. The number of aromatic nitrogens is 2. The number of carbonyl (C=O) groups excluding carboxylic acids is 1. The monoisotopic (exact) mass is 245 g/mol. The Bertz CT molecular complexity index is 549. The maximum Gasteiger partial charge on any atom is 0.246 e. The molecule has 0 aliphatic heterocycles. The quantitative estimate of drug-likeness (QED) is 0.894. The highest BCUT2D eigenvalue weighted by Crippen LogP contribution is 2.16. The van der Waals surface area contributed by atoms with Gasteiger partial charge in [0.25, 0.3) is 0 Å². The van der Waals surface area contributed by atoms with Crippen molar-refractivity contribution in [3.63, 3.8) is 0 Å². The number of nitrogens with one attached hydrogen (secondary N) is 1. The minimum absolute atomic E-state index is 0.116. The maximum absolute atomic E-state index is 11.8. The third-order valence-electron chi connectivity index (χ3n) is 2.58. The highest BCUT2D eigenvalue weighted by Gasteiger charge is 2.06. The summed E-state index contributed by atoms with van der Waals surface area (Å²) in [6.45, 7) is 2.11. The van der Waals surface area contributed by atoms with Crippen molar-refractivity contribution in [1.29, 1.82) is 0 Å². The number of ether oxygens (including phenoxy) is 1. The topological polar surface area (TPSA) is 56.1 Å². The van der Waals surface area contributed by atoms with Crippen LogP contribution in [0.15, 0.2) is 36.5 Å². The average molecular weight is 245 g/mol. The predicted octanol–water partition coefficient (Wildman–Crippen LogP) is 1.84. The number of anilines is 1. The van der Waals surface area contributed by atoms with Crippen LogP contribution in [-0.4, -0.2) is 22.8 Å². The van der Waals surface area contributed by atoms with Crippen molar-refractivity contribution in [2.75, 3.05) is 12.4 Å². The standard InChI is InChI=1S/C13H15N3O2/c1-10-6-7-14-16(10)9-13(17)15-11-4-3-5-12(8-11)18-2/h3-8H,9H2,1-2H3,(H,15,17). The van der Waals surface area contributed by atoms with Gasteiger partial charge in [-0.2, -0.15) is 5.10 Å². The molecule has 5 nitrogen and oxygen atoms in total. The Morgan fingerprint density at radius 3 is 2.94 bits per heavy atom. The Labute approximate surface area is 105 Å². The molecule has 2 aromatic rings. The Hall–Kier alpha value is -2.30. The molecular formula is C13H15N3O2. The summed E-state index contributed by atoms with van der Waals surface area (Å²) < 4.78 is 6.74. The second-order valence-corrected chi connectivity index (χ2v) is 3.91. The fourth-order valence-corrected chi connectivity index (χ4v) is 1.60. The fraction of sp³-hybridized carbons (Fsp3) is 0.231. The lowest BCUT2D eigenvalue weighted by Crippen LogP contribution is -2.20. The summed E-state index contributed by atoms with van der Waals surface area (Å²) in [5.41, 5.74) is 1.67. The summed E-state index contributed by atoms with van der Waals surface area (Å²) in [6, 6.07) is 9.10. The zero-order valence-corrected chi connectivity index (χ0v) is 10.4. The molecule has 5 heteroatoms. The van der Waals surface area contributed by atoms with E-state index >= 15 is 0 Å². The number of rotatable bonds is 4. The normalized spacial score (nSPS) is 10.1. The SMILES string of the molecule is COc1cccc(NC(=O)Cn2nccc2C)c1. The number of nitrogens with zero attached hydrogens (tertiary/aromatic N) is 2. The van der Waals surface area contributed by atoms with E-state index in [0.29, 0.717) is 11.4 Å². The number of methoxy groups -OCH3 is 1. The highest BCUT2D eigenvalue weighted by molar-refractivity contribution is 5.90. The molecule has 0 aliphatic rings. The van der Waals surface area contributed by atoms with E-state index in [1.807, 2.05) is 31.2 Å². The van der Waals surface area contributed by atoms with Crippen LogP contribution in [0.3, 0.4) is 0 Å². The van der Waals surface area contributed by atoms with E-state index in [9.17, 15) is 4.79 Å². The summed E-state index contributed by atoms with van der Waals surface area (Å²) in [5.74, 6) is 0.595. The van der Waals surface area contributed by atoms with Gasteiger partial charge in [0, 0.05) is 23.6 Å². The van der Waals surface area contributed by atoms with Gasteiger partial charge in [0.1, 0.15) is 12.3 Å². The van der Waals surface area contributed by atoms with Gasteiger partial charge < -0.3 is 10.1 Å². The number of aryl methyl sites for hydroxylation is 1. The van der Waals surface area contributed by atoms with Gasteiger partial charge in [0.05, 0.1) is 7.11 Å². The largest absolute Gasteiger partial charge is 0.497 e. The van der Waals surface area contributed by atoms with Gasteiger partial charge in [-0.15, -0.1) is 0 Å². The molecule has 0 radical (unpaired) electrons. The van der Waals surface area contributed by atoms with Crippen LogP contribution in [0.1, 0.15) is 5.69 Å². The number of benzene rings is 1. The van der Waals surface area contributed by atoms with Gasteiger partial charge in [0.15, 0.2) is 0 Å². The van der Waals surface area contributed by atoms with E-state index in [-0.39, 0.29) is 12.5 Å². The first kappa shape index (κ1) is 12.2. The van der Waals surface area contributed by atoms with Gasteiger partial charge in [0.2, 0.25) is 5.91 Å². The molecule has 1 heterocycles. The zero-order chi connectivity index (χ0) is 13.0. The van der Waals surface area contributed by atoms with Crippen LogP contribution in [0, 0.1) is 6.92 Å². The molecule has 1 N–H and O–H groups in total. The summed E-state index contributed by atoms with van der Waals surface area (Å²) in [6.07, 6.45) is 1.67. The molecule has 0 aliphatic carbocycles. The van der Waals surface area contributed by atoms with Crippen LogP contribution in [0.25, 0.3) is 0 Å². The molecule has 0 fully saturated rings. The van der Waals surface area contributed by atoms with Crippen LogP contribution < -0.4 is 10.1 Å². The molecule has 0 saturated carbocycles. The van der Waals surface area contributed by atoms with E-state index in [4.69, 9.17) is 4.74 Å². The summed E-state index contributed by atoms with van der Waals surface area (Å²) in [4.78, 5) is 11.8. The molecule has 0 saturated heterocycles. The van der Waals surface area contributed by atoms with Crippen LogP contribution in [0.2, 0.25) is 0 Å². The second-order valence-electron chi connectivity index (χ2n) is 3.91. The molecule has 0 atom stereocenters. The van der Waals surface area contributed by atoms with Crippen LogP contribution in [0.4, 0.5) is 5.69 Å². The van der Waals surface area contributed by atoms with Crippen molar-refractivity contribution < 1.29 is 9.53 Å². The highest BCUT2D eigenvalue weighted by atomic mass is 16.5. The molecule has 0 unspecified atom stereocenters. The first-order chi connectivity index (χ1) is 8.69. The lowest BCUT2D eigenvalue weighted by atomic mass is 10.3. The van der Waals surface area contributed by atoms with Gasteiger partial charge in [-0.1, -0.05) is 6.07 Å². The fourth-order valence-electron chi connectivity index (χ4n) is 1.60. The molecule has 18 heavy (non-hydrogen) atoms. The van der Waals surface area contributed by atoms with Crippen LogP contribution >= 0.6 is 0 Å². The van der Waals surface area contributed by atoms with Gasteiger partial charge in [-0.05, 0) is 25.1 Å². The van der Waals surface area contributed by atoms with Crippen molar-refractivity contribution in [2.24, 2.45) is 0 Å². The van der Waals surface area contributed by atoms with E-state index in [1.165, 1.54) is 0 Å². The lowest BCUT2D eigenvalue weighted by Gasteiger charge is -2.08. The van der Waals surface area contributed by atoms with Crippen molar-refractivity contribution in [1.82, 2.24) is 9.78 Å². The second kappa shape index (κ2) is 5.35. The first-order valence-electron chi connectivity index (χ1n) is 5.61. The molecule has 1 aromatic carbocycles. The summed E-state index contributed by atoms with van der Waals surface area (Å²) in [5, 5.41) is 6.86. The van der Waals surface area contributed by atoms with Gasteiger partial charge in [-0.3, -0.25) is 9.48 Å². The van der Waals surface area contributed by atoms with E-state index in [0.717, 1.165) is 5.69 Å². The maximum atomic E-state index is 11.8. The minimum Gasteiger partial charge on any atom is -0.497 e. The van der Waals surface area contributed by atoms with Crippen LogP contribution in [0.5, 0.6) is 5.75 Å². The van der Waals surface area contributed by atoms with Crippen molar-refractivity contribution >= 4 is 11.6 Å². The van der Waals surface area contributed by atoms with Crippen molar-refractivity contribution in [3.05, 3.63) is 42.2 Å². The molecule has 0 spiro atoms. The van der Waals surface area contributed by atoms with E-state index in [2.05, 4.69) is 10.4 Å². The first-order valence-corrected chi connectivity index (χ1v) is 5.61. The third kappa shape index (κ3) is 2.88. The van der Waals surface area contributed by atoms with E-state index < -0.39 is 0 Å². The number of carbonyl (C=O) groups is 1. The molecule has 94 valence electrons. The number of hydrogen-bond donors (Lipinski definition) is 1. The molecule has 0 bridgehead atoms. The number of hydrogen-bond acceptors (Lipinski definition) is 3. The van der Waals surface area contributed by atoms with E-state index in [1.54, 1.807) is 24.1 Å². The smallest absolute Gasteiger partial charge is 0.246 e. The molecule has 1 amide bonds. The average Bonchev–Trinajstić information content (AvgIpc) is 2.75. The van der Waals surface area contributed by atoms with Crippen molar-refractivity contribution in [2.45, 2.75) is 13.5 Å². The Morgan fingerprint density at radius 2 is 2.28 bits per heavy atom. The molecular weight excluding hydrogens is 230 g/mol. The van der Waals surface area contributed by atoms with Crippen LogP contribution in [-0.2, 0) is 11.3 Å². The van der Waals surface area contributed by atoms with Gasteiger partial charge >= 0.3 is 0 Å². The van der Waals surface area contributed by atoms with Crippen molar-refractivity contribution in [3.8, 4) is 5.75 Å². The minimum atomic E-state index is -0.116. The Balaban J connectivity index is 2.01. The number of amides is 1. The summed E-state index contributed by atoms with van der Waals surface area (Å²) >= 11 is 0. The Kier molecular flexibility index (Phi) is 3.62. The third-order valence-corrected chi connectivity index (χ3v) is 2.58. The lowest BCUT2D eigenvalue weighted by molar-refractivity contribution is -0.116. The zero-order valence-electron chi connectivity index (χ0n) is 10.4.